The number of hydrogen-bond donors (Lipinski definition) is 3. The van der Waals surface area contributed by atoms with Crippen LogP contribution in [0, 0.1) is 0 Å². The predicted molar refractivity (Wildman–Crippen MR) is 120 cm³/mol. The van der Waals surface area contributed by atoms with E-state index in [1.165, 1.54) is 0 Å². The zero-order valence-electron chi connectivity index (χ0n) is 18.4. The molecule has 1 aliphatic heterocycles. The van der Waals surface area contributed by atoms with Gasteiger partial charge in [0.25, 0.3) is 5.91 Å². The molecule has 1 amide bonds. The fourth-order valence-corrected chi connectivity index (χ4v) is 3.34. The highest BCUT2D eigenvalue weighted by atomic mass is 19.4. The molecule has 0 saturated carbocycles. The number of benzene rings is 1. The van der Waals surface area contributed by atoms with E-state index in [-0.39, 0.29) is 12.3 Å². The molecule has 0 fully saturated rings. The Hall–Kier alpha value is -4.15. The Morgan fingerprint density at radius 1 is 1.14 bits per heavy atom. The molecular weight excluding hydrogens is 467 g/mol. The van der Waals surface area contributed by atoms with Crippen LogP contribution in [-0.4, -0.2) is 52.6 Å². The maximum Gasteiger partial charge on any atom is 0.446 e. The number of carbonyl (C=O) groups is 3. The summed E-state index contributed by atoms with van der Waals surface area (Å²) >= 11 is 0. The van der Waals surface area contributed by atoms with Gasteiger partial charge in [-0.1, -0.05) is 0 Å². The molecule has 1 aromatic carbocycles. The Morgan fingerprint density at radius 3 is 2.49 bits per heavy atom. The van der Waals surface area contributed by atoms with Gasteiger partial charge in [0.2, 0.25) is 6.29 Å². The van der Waals surface area contributed by atoms with E-state index in [9.17, 15) is 22.8 Å². The largest absolute Gasteiger partial charge is 0.494 e. The van der Waals surface area contributed by atoms with Gasteiger partial charge < -0.3 is 20.1 Å². The van der Waals surface area contributed by atoms with E-state index < -0.39 is 18.4 Å². The highest BCUT2D eigenvalue weighted by Gasteiger charge is 2.25. The molecule has 3 aromatic rings. The minimum atomic E-state index is -4.64. The molecular formula is C24H22F3N3O5. The molecule has 8 nitrogen and oxygen atoms in total. The van der Waals surface area contributed by atoms with E-state index in [0.717, 1.165) is 34.6 Å². The zero-order valence-corrected chi connectivity index (χ0v) is 18.4. The van der Waals surface area contributed by atoms with Crippen molar-refractivity contribution < 1.29 is 37.4 Å². The molecule has 0 aliphatic carbocycles. The number of carbonyl (C=O) groups excluding carboxylic acids is 2. The summed E-state index contributed by atoms with van der Waals surface area (Å²) < 4.78 is 36.8. The van der Waals surface area contributed by atoms with Crippen molar-refractivity contribution in [3.63, 3.8) is 0 Å². The van der Waals surface area contributed by atoms with E-state index in [0.29, 0.717) is 30.9 Å². The highest BCUT2D eigenvalue weighted by Crippen LogP contribution is 2.28. The number of aromatic amines is 1. The summed E-state index contributed by atoms with van der Waals surface area (Å²) in [6, 6.07) is 13.3. The van der Waals surface area contributed by atoms with Crippen molar-refractivity contribution in [3.05, 3.63) is 59.9 Å². The Bertz CT molecular complexity index is 1190. The number of nitrogens with one attached hydrogen (secondary N) is 2. The first-order valence-electron chi connectivity index (χ1n) is 10.6. The number of aldehydes is 1. The number of amides is 1. The van der Waals surface area contributed by atoms with Crippen molar-refractivity contribution in [1.82, 2.24) is 15.3 Å². The van der Waals surface area contributed by atoms with Crippen LogP contribution in [0.1, 0.15) is 28.9 Å². The Labute approximate surface area is 198 Å². The van der Waals surface area contributed by atoms with Gasteiger partial charge in [0.15, 0.2) is 0 Å². The van der Waals surface area contributed by atoms with E-state index in [2.05, 4.69) is 15.3 Å². The van der Waals surface area contributed by atoms with Gasteiger partial charge >= 0.3 is 12.1 Å². The molecule has 0 atom stereocenters. The molecule has 35 heavy (non-hydrogen) atoms. The number of hydrogen-bond acceptors (Lipinski definition) is 5. The van der Waals surface area contributed by atoms with Crippen LogP contribution in [0.2, 0.25) is 0 Å². The number of fused-ring (bicyclic) bond motifs is 1. The maximum absolute atomic E-state index is 12.0. The van der Waals surface area contributed by atoms with Crippen LogP contribution in [-0.2, 0) is 16.0 Å². The fraction of sp³-hybridized carbons (Fsp3) is 0.250. The maximum atomic E-state index is 12.0. The molecule has 184 valence electrons. The van der Waals surface area contributed by atoms with Crippen molar-refractivity contribution in [1.29, 1.82) is 0 Å². The van der Waals surface area contributed by atoms with Crippen molar-refractivity contribution in [2.75, 3.05) is 13.2 Å². The van der Waals surface area contributed by atoms with Crippen molar-refractivity contribution >= 4 is 18.2 Å². The third-order valence-corrected chi connectivity index (χ3v) is 4.96. The normalized spacial score (nSPS) is 12.6. The number of ether oxygens (including phenoxy) is 1. The number of alkyl halides is 3. The van der Waals surface area contributed by atoms with Gasteiger partial charge in [0.05, 0.1) is 17.9 Å². The van der Waals surface area contributed by atoms with E-state index in [1.807, 2.05) is 42.5 Å². The molecule has 1 aliphatic rings. The average Bonchev–Trinajstić information content (AvgIpc) is 3.28. The lowest BCUT2D eigenvalue weighted by molar-refractivity contribution is -0.156. The van der Waals surface area contributed by atoms with Crippen LogP contribution < -0.4 is 10.1 Å². The van der Waals surface area contributed by atoms with Gasteiger partial charge in [-0.2, -0.15) is 13.2 Å². The van der Waals surface area contributed by atoms with Crippen molar-refractivity contribution in [2.24, 2.45) is 0 Å². The molecule has 2 aromatic heterocycles. The fourth-order valence-electron chi connectivity index (χ4n) is 3.34. The van der Waals surface area contributed by atoms with Gasteiger partial charge in [0, 0.05) is 48.1 Å². The Kier molecular flexibility index (Phi) is 8.24. The van der Waals surface area contributed by atoms with Crippen molar-refractivity contribution in [3.8, 4) is 28.3 Å². The average molecular weight is 489 g/mol. The van der Waals surface area contributed by atoms with Gasteiger partial charge in [-0.25, -0.2) is 0 Å². The molecule has 0 spiro atoms. The standard InChI is InChI=1S/C22H21N3O4.C2HF3O/c26-21(27)2-1-11-29-16-5-3-14(4-6-16)19-12-15(7-9-23-19)20-13-17-18(25-20)8-10-24-22(17)28;3-2(4,5)1-6/h3-7,9,12-13,25H,1-2,8,10-11H2,(H,24,28)(H,26,27);1H. The quantitative estimate of drug-likeness (QED) is 0.341. The number of H-pyrrole nitrogens is 1. The lowest BCUT2D eigenvalue weighted by atomic mass is 10.1. The first-order chi connectivity index (χ1) is 16.7. The van der Waals surface area contributed by atoms with Crippen LogP contribution in [0.15, 0.2) is 48.7 Å². The van der Waals surface area contributed by atoms with Crippen LogP contribution in [0.3, 0.4) is 0 Å². The highest BCUT2D eigenvalue weighted by molar-refractivity contribution is 5.97. The van der Waals surface area contributed by atoms with Gasteiger partial charge in [-0.05, 0) is 48.9 Å². The summed E-state index contributed by atoms with van der Waals surface area (Å²) in [6.45, 7) is 1.02. The third kappa shape index (κ3) is 7.42. The summed E-state index contributed by atoms with van der Waals surface area (Å²) in [5.74, 6) is -0.168. The van der Waals surface area contributed by atoms with Gasteiger partial charge in [-0.15, -0.1) is 0 Å². The first kappa shape index (κ1) is 25.5. The SMILES string of the molecule is O=C(O)CCCOc1ccc(-c2cc(-c3cc4c([nH]3)CCNC4=O)ccn2)cc1.O=CC(F)(F)F. The van der Waals surface area contributed by atoms with Gasteiger partial charge in [0.1, 0.15) is 5.75 Å². The molecule has 0 radical (unpaired) electrons. The summed E-state index contributed by atoms with van der Waals surface area (Å²) in [5, 5.41) is 11.5. The molecule has 3 N–H and O–H groups in total. The number of aromatic nitrogens is 2. The minimum Gasteiger partial charge on any atom is -0.494 e. The first-order valence-corrected chi connectivity index (χ1v) is 10.6. The number of nitrogens with zero attached hydrogens (tertiary/aromatic N) is 1. The van der Waals surface area contributed by atoms with Crippen LogP contribution in [0.25, 0.3) is 22.5 Å². The molecule has 11 heteroatoms. The molecule has 0 saturated heterocycles. The lowest BCUT2D eigenvalue weighted by Crippen LogP contribution is -2.31. The van der Waals surface area contributed by atoms with E-state index >= 15 is 0 Å². The number of pyridine rings is 1. The summed E-state index contributed by atoms with van der Waals surface area (Å²) in [6.07, 6.45) is -2.59. The Morgan fingerprint density at radius 2 is 1.86 bits per heavy atom. The number of rotatable bonds is 7. The second kappa shape index (κ2) is 11.3. The lowest BCUT2D eigenvalue weighted by Gasteiger charge is -2.11. The minimum absolute atomic E-state index is 0.0398. The van der Waals surface area contributed by atoms with Crippen LogP contribution in [0.5, 0.6) is 5.75 Å². The molecule has 3 heterocycles. The Balaban J connectivity index is 0.000000509. The third-order valence-electron chi connectivity index (χ3n) is 4.96. The summed E-state index contributed by atoms with van der Waals surface area (Å²) in [5.41, 5.74) is 5.29. The summed E-state index contributed by atoms with van der Waals surface area (Å²) in [7, 11) is 0. The van der Waals surface area contributed by atoms with Crippen LogP contribution in [0.4, 0.5) is 13.2 Å². The number of carboxylic acid groups (broad SMARTS) is 1. The molecule has 0 bridgehead atoms. The topological polar surface area (TPSA) is 121 Å². The second-order valence-corrected chi connectivity index (χ2v) is 7.54. The van der Waals surface area contributed by atoms with E-state index in [4.69, 9.17) is 14.6 Å². The predicted octanol–water partition coefficient (Wildman–Crippen LogP) is 4.02. The summed E-state index contributed by atoms with van der Waals surface area (Å²) in [4.78, 5) is 39.0. The second-order valence-electron chi connectivity index (χ2n) is 7.54. The number of halogens is 3. The zero-order chi connectivity index (χ0) is 25.4. The smallest absolute Gasteiger partial charge is 0.446 e. The molecule has 0 unspecified atom stereocenters. The van der Waals surface area contributed by atoms with Crippen LogP contribution >= 0.6 is 0 Å². The molecule has 4 rings (SSSR count). The monoisotopic (exact) mass is 489 g/mol. The number of carboxylic acids is 1. The number of aliphatic carboxylic acids is 1. The van der Waals surface area contributed by atoms with Crippen molar-refractivity contribution in [2.45, 2.75) is 25.4 Å². The van der Waals surface area contributed by atoms with E-state index in [1.54, 1.807) is 6.20 Å². The van der Waals surface area contributed by atoms with Gasteiger partial charge in [-0.3, -0.25) is 19.4 Å².